The summed E-state index contributed by atoms with van der Waals surface area (Å²) < 4.78 is 43.7. The first-order valence-corrected chi connectivity index (χ1v) is 5.36. The van der Waals surface area contributed by atoms with Crippen molar-refractivity contribution in [2.24, 2.45) is 0 Å². The van der Waals surface area contributed by atoms with E-state index in [2.05, 4.69) is 15.2 Å². The third-order valence-electron chi connectivity index (χ3n) is 2.71. The molecule has 0 saturated heterocycles. The first-order valence-electron chi connectivity index (χ1n) is 5.36. The summed E-state index contributed by atoms with van der Waals surface area (Å²) in [6.45, 7) is -0.252. The van der Waals surface area contributed by atoms with Crippen LogP contribution in [0.2, 0.25) is 0 Å². The number of hydrogen-bond donors (Lipinski definition) is 1. The van der Waals surface area contributed by atoms with Gasteiger partial charge < -0.3 is 10.1 Å². The van der Waals surface area contributed by atoms with Gasteiger partial charge >= 0.3 is 12.1 Å². The number of aromatic nitrogens is 2. The highest BCUT2D eigenvalue weighted by Gasteiger charge is 2.42. The molecule has 0 radical (unpaired) electrons. The van der Waals surface area contributed by atoms with E-state index in [1.165, 1.54) is 0 Å². The first-order chi connectivity index (χ1) is 8.84. The second-order valence-corrected chi connectivity index (χ2v) is 3.91. The number of carbonyl (C=O) groups is 2. The first kappa shape index (κ1) is 13.4. The zero-order chi connectivity index (χ0) is 14.2. The summed E-state index contributed by atoms with van der Waals surface area (Å²) in [7, 11) is 1.12. The van der Waals surface area contributed by atoms with Crippen LogP contribution in [0.3, 0.4) is 0 Å². The Kier molecular flexibility index (Phi) is 3.21. The van der Waals surface area contributed by atoms with Gasteiger partial charge in [-0.25, -0.2) is 0 Å². The summed E-state index contributed by atoms with van der Waals surface area (Å²) in [5.74, 6) is -1.56. The van der Waals surface area contributed by atoms with Gasteiger partial charge in [0.1, 0.15) is 6.54 Å². The van der Waals surface area contributed by atoms with Crippen LogP contribution in [0.5, 0.6) is 0 Å². The van der Waals surface area contributed by atoms with Crippen molar-refractivity contribution in [3.8, 4) is 0 Å². The Morgan fingerprint density at radius 2 is 2.21 bits per heavy atom. The third kappa shape index (κ3) is 2.40. The van der Waals surface area contributed by atoms with Crippen molar-refractivity contribution in [2.75, 3.05) is 13.7 Å². The SMILES string of the molecule is COC(=O)Cn1nc(C(F)(F)F)c2c1CCNC2=O. The lowest BCUT2D eigenvalue weighted by Crippen LogP contribution is -2.33. The number of nitrogens with zero attached hydrogens (tertiary/aromatic N) is 2. The van der Waals surface area contributed by atoms with Gasteiger partial charge in [-0.1, -0.05) is 0 Å². The van der Waals surface area contributed by atoms with Gasteiger partial charge in [0, 0.05) is 13.0 Å². The normalized spacial score (nSPS) is 14.8. The van der Waals surface area contributed by atoms with E-state index >= 15 is 0 Å². The minimum atomic E-state index is -4.75. The monoisotopic (exact) mass is 277 g/mol. The molecule has 0 aliphatic carbocycles. The Morgan fingerprint density at radius 1 is 1.53 bits per heavy atom. The van der Waals surface area contributed by atoms with Crippen LogP contribution in [0.25, 0.3) is 0 Å². The Balaban J connectivity index is 2.52. The van der Waals surface area contributed by atoms with E-state index in [4.69, 9.17) is 0 Å². The van der Waals surface area contributed by atoms with E-state index in [1.807, 2.05) is 0 Å². The number of rotatable bonds is 2. The number of fused-ring (bicyclic) bond motifs is 1. The fourth-order valence-electron chi connectivity index (χ4n) is 1.89. The third-order valence-corrected chi connectivity index (χ3v) is 2.71. The molecule has 0 bridgehead atoms. The van der Waals surface area contributed by atoms with Crippen molar-refractivity contribution in [3.05, 3.63) is 17.0 Å². The highest BCUT2D eigenvalue weighted by atomic mass is 19.4. The van der Waals surface area contributed by atoms with Crippen LogP contribution < -0.4 is 5.32 Å². The van der Waals surface area contributed by atoms with Crippen molar-refractivity contribution >= 4 is 11.9 Å². The van der Waals surface area contributed by atoms with Crippen molar-refractivity contribution in [1.29, 1.82) is 0 Å². The van der Waals surface area contributed by atoms with E-state index in [-0.39, 0.29) is 18.7 Å². The molecule has 0 spiro atoms. The second-order valence-electron chi connectivity index (χ2n) is 3.91. The topological polar surface area (TPSA) is 73.2 Å². The zero-order valence-electron chi connectivity index (χ0n) is 9.87. The van der Waals surface area contributed by atoms with E-state index in [0.29, 0.717) is 0 Å². The van der Waals surface area contributed by atoms with E-state index in [0.717, 1.165) is 11.8 Å². The fourth-order valence-corrected chi connectivity index (χ4v) is 1.89. The number of methoxy groups -OCH3 is 1. The molecule has 0 fully saturated rings. The predicted octanol–water partition coefficient (Wildman–Crippen LogP) is 0.361. The quantitative estimate of drug-likeness (QED) is 0.792. The molecule has 2 heterocycles. The van der Waals surface area contributed by atoms with Gasteiger partial charge in [-0.2, -0.15) is 18.3 Å². The highest BCUT2D eigenvalue weighted by Crippen LogP contribution is 2.33. The lowest BCUT2D eigenvalue weighted by Gasteiger charge is -2.15. The molecular weight excluding hydrogens is 267 g/mol. The van der Waals surface area contributed by atoms with Gasteiger partial charge in [-0.15, -0.1) is 0 Å². The molecule has 0 saturated carbocycles. The van der Waals surface area contributed by atoms with Gasteiger partial charge in [0.25, 0.3) is 5.91 Å². The molecule has 1 N–H and O–H groups in total. The maximum absolute atomic E-state index is 12.8. The van der Waals surface area contributed by atoms with Crippen molar-refractivity contribution in [1.82, 2.24) is 15.1 Å². The van der Waals surface area contributed by atoms with Crippen LogP contribution in [0.4, 0.5) is 13.2 Å². The molecule has 1 aliphatic rings. The predicted molar refractivity (Wildman–Crippen MR) is 55.3 cm³/mol. The molecule has 0 aromatic carbocycles. The average molecular weight is 277 g/mol. The number of ether oxygens (including phenoxy) is 1. The molecule has 1 aromatic rings. The smallest absolute Gasteiger partial charge is 0.435 e. The standard InChI is InChI=1S/C10H10F3N3O3/c1-19-6(17)4-16-5-2-3-14-9(18)7(5)8(15-16)10(11,12)13/h2-4H2,1H3,(H,14,18). The Labute approximate surface area is 105 Å². The highest BCUT2D eigenvalue weighted by molar-refractivity contribution is 5.97. The number of amides is 1. The molecule has 6 nitrogen and oxygen atoms in total. The Hall–Kier alpha value is -2.06. The molecule has 1 aliphatic heterocycles. The molecule has 1 amide bonds. The fraction of sp³-hybridized carbons (Fsp3) is 0.500. The van der Waals surface area contributed by atoms with E-state index in [9.17, 15) is 22.8 Å². The minimum absolute atomic E-state index is 0.0986. The number of halogens is 3. The van der Waals surface area contributed by atoms with Crippen LogP contribution >= 0.6 is 0 Å². The number of nitrogens with one attached hydrogen (secondary N) is 1. The van der Waals surface area contributed by atoms with E-state index in [1.54, 1.807) is 0 Å². The molecular formula is C10H10F3N3O3. The van der Waals surface area contributed by atoms with Gasteiger partial charge in [-0.3, -0.25) is 14.3 Å². The zero-order valence-corrected chi connectivity index (χ0v) is 9.87. The Morgan fingerprint density at radius 3 is 2.79 bits per heavy atom. The second kappa shape index (κ2) is 4.56. The van der Waals surface area contributed by atoms with Gasteiger partial charge in [0.15, 0.2) is 5.69 Å². The van der Waals surface area contributed by atoms with Crippen molar-refractivity contribution < 1.29 is 27.5 Å². The molecule has 0 unspecified atom stereocenters. The number of esters is 1. The molecule has 1 aromatic heterocycles. The van der Waals surface area contributed by atoms with Crippen LogP contribution in [-0.4, -0.2) is 35.3 Å². The average Bonchev–Trinajstić information content (AvgIpc) is 2.69. The lowest BCUT2D eigenvalue weighted by atomic mass is 10.1. The summed E-state index contributed by atoms with van der Waals surface area (Å²) in [6.07, 6.45) is -4.57. The molecule has 9 heteroatoms. The minimum Gasteiger partial charge on any atom is -0.468 e. The number of hydrogen-bond acceptors (Lipinski definition) is 4. The molecule has 0 atom stereocenters. The molecule has 2 rings (SSSR count). The maximum atomic E-state index is 12.8. The van der Waals surface area contributed by atoms with Crippen LogP contribution in [0.15, 0.2) is 0 Å². The summed E-state index contributed by atoms with van der Waals surface area (Å²) in [4.78, 5) is 22.7. The van der Waals surface area contributed by atoms with Crippen LogP contribution in [0.1, 0.15) is 21.7 Å². The number of carbonyl (C=O) groups excluding carboxylic acids is 2. The van der Waals surface area contributed by atoms with Crippen LogP contribution in [0, 0.1) is 0 Å². The maximum Gasteiger partial charge on any atom is 0.435 e. The molecule has 104 valence electrons. The summed E-state index contributed by atoms with van der Waals surface area (Å²) in [5.41, 5.74) is -1.69. The van der Waals surface area contributed by atoms with Crippen LogP contribution in [-0.2, 0) is 28.7 Å². The Bertz CT molecular complexity index is 536. The van der Waals surface area contributed by atoms with Crippen molar-refractivity contribution in [2.45, 2.75) is 19.1 Å². The number of alkyl halides is 3. The van der Waals surface area contributed by atoms with Gasteiger partial charge in [0.2, 0.25) is 0 Å². The summed E-state index contributed by atoms with van der Waals surface area (Å²) in [6, 6.07) is 0. The van der Waals surface area contributed by atoms with Gasteiger partial charge in [-0.05, 0) is 0 Å². The summed E-state index contributed by atoms with van der Waals surface area (Å²) >= 11 is 0. The summed E-state index contributed by atoms with van der Waals surface area (Å²) in [5, 5.41) is 5.65. The largest absolute Gasteiger partial charge is 0.468 e. The van der Waals surface area contributed by atoms with Gasteiger partial charge in [0.05, 0.1) is 18.4 Å². The lowest BCUT2D eigenvalue weighted by molar-refractivity contribution is -0.144. The molecule has 19 heavy (non-hydrogen) atoms. The van der Waals surface area contributed by atoms with Crippen molar-refractivity contribution in [3.63, 3.8) is 0 Å². The van der Waals surface area contributed by atoms with E-state index < -0.39 is 35.9 Å².